The lowest BCUT2D eigenvalue weighted by molar-refractivity contribution is 0.600. The Balaban J connectivity index is 2.41. The van der Waals surface area contributed by atoms with Gasteiger partial charge in [0.05, 0.1) is 10.6 Å². The molecule has 0 aliphatic rings. The fourth-order valence-electron chi connectivity index (χ4n) is 1.79. The summed E-state index contributed by atoms with van der Waals surface area (Å²) < 4.78 is 27.2. The summed E-state index contributed by atoms with van der Waals surface area (Å²) in [7, 11) is -3.69. The highest BCUT2D eigenvalue weighted by Gasteiger charge is 2.17. The van der Waals surface area contributed by atoms with Crippen molar-refractivity contribution in [2.45, 2.75) is 11.8 Å². The minimum absolute atomic E-state index is 0.156. The number of hydrogen-bond acceptors (Lipinski definition) is 3. The highest BCUT2D eigenvalue weighted by atomic mass is 32.2. The number of rotatable bonds is 3. The molecule has 4 nitrogen and oxygen atoms in total. The van der Waals surface area contributed by atoms with E-state index in [0.29, 0.717) is 22.5 Å². The first-order valence-electron chi connectivity index (χ1n) is 5.88. The molecule has 2 rings (SSSR count). The molecule has 0 atom stereocenters. The fraction of sp³-hybridized carbons (Fsp3) is 0.0667. The standard InChI is InChI=1S/C15H14N2O2S/c1-3-12-5-4-6-14(9-12)17-20(18,19)15-10-13(16)8-7-11(15)2/h1,4-10,17H,16H2,2H3. The highest BCUT2D eigenvalue weighted by molar-refractivity contribution is 7.92. The van der Waals surface area contributed by atoms with Gasteiger partial charge < -0.3 is 5.73 Å². The smallest absolute Gasteiger partial charge is 0.262 e. The Morgan fingerprint density at radius 3 is 2.65 bits per heavy atom. The average molecular weight is 286 g/mol. The van der Waals surface area contributed by atoms with E-state index in [2.05, 4.69) is 10.6 Å². The van der Waals surface area contributed by atoms with E-state index in [9.17, 15) is 8.42 Å². The van der Waals surface area contributed by atoms with E-state index in [4.69, 9.17) is 12.2 Å². The maximum atomic E-state index is 12.4. The molecule has 2 aromatic rings. The van der Waals surface area contributed by atoms with Gasteiger partial charge in [0.2, 0.25) is 0 Å². The van der Waals surface area contributed by atoms with Crippen LogP contribution in [0.2, 0.25) is 0 Å². The lowest BCUT2D eigenvalue weighted by Crippen LogP contribution is -2.14. The van der Waals surface area contributed by atoms with Crippen molar-refractivity contribution in [1.29, 1.82) is 0 Å². The van der Waals surface area contributed by atoms with Crippen LogP contribution in [0.15, 0.2) is 47.4 Å². The van der Waals surface area contributed by atoms with Crippen LogP contribution < -0.4 is 10.5 Å². The van der Waals surface area contributed by atoms with E-state index in [1.165, 1.54) is 6.07 Å². The van der Waals surface area contributed by atoms with Crippen LogP contribution in [-0.2, 0) is 10.0 Å². The van der Waals surface area contributed by atoms with Gasteiger partial charge in [-0.05, 0) is 42.8 Å². The summed E-state index contributed by atoms with van der Waals surface area (Å²) in [6.45, 7) is 1.71. The summed E-state index contributed by atoms with van der Waals surface area (Å²) in [4.78, 5) is 0.156. The van der Waals surface area contributed by atoms with E-state index in [1.807, 2.05) is 0 Å². The largest absolute Gasteiger partial charge is 0.399 e. The summed E-state index contributed by atoms with van der Waals surface area (Å²) in [6.07, 6.45) is 5.29. The molecule has 0 spiro atoms. The number of benzene rings is 2. The summed E-state index contributed by atoms with van der Waals surface area (Å²) in [6, 6.07) is 11.4. The molecular weight excluding hydrogens is 272 g/mol. The number of aryl methyl sites for hydroxylation is 1. The van der Waals surface area contributed by atoms with Crippen LogP contribution in [0.5, 0.6) is 0 Å². The van der Waals surface area contributed by atoms with Gasteiger partial charge in [-0.25, -0.2) is 8.42 Å². The van der Waals surface area contributed by atoms with E-state index >= 15 is 0 Å². The molecule has 0 saturated carbocycles. The van der Waals surface area contributed by atoms with Crippen molar-refractivity contribution in [3.05, 3.63) is 53.6 Å². The maximum absolute atomic E-state index is 12.4. The van der Waals surface area contributed by atoms with E-state index in [-0.39, 0.29) is 4.90 Å². The molecule has 0 radical (unpaired) electrons. The van der Waals surface area contributed by atoms with Gasteiger partial charge in [-0.2, -0.15) is 0 Å². The molecule has 0 aromatic heterocycles. The summed E-state index contributed by atoms with van der Waals surface area (Å²) in [5.74, 6) is 2.46. The van der Waals surface area contributed by atoms with Gasteiger partial charge in [-0.1, -0.05) is 18.1 Å². The summed E-state index contributed by atoms with van der Waals surface area (Å²) >= 11 is 0. The van der Waals surface area contributed by atoms with Crippen molar-refractivity contribution < 1.29 is 8.42 Å². The first-order chi connectivity index (χ1) is 9.42. The third-order valence-corrected chi connectivity index (χ3v) is 4.31. The number of nitrogen functional groups attached to an aromatic ring is 1. The van der Waals surface area contributed by atoms with Gasteiger partial charge in [0.1, 0.15) is 0 Å². The first kappa shape index (κ1) is 14.0. The van der Waals surface area contributed by atoms with Crippen molar-refractivity contribution in [1.82, 2.24) is 0 Å². The molecular formula is C15H14N2O2S. The second-order valence-corrected chi connectivity index (χ2v) is 6.01. The lowest BCUT2D eigenvalue weighted by atomic mass is 10.2. The number of sulfonamides is 1. The summed E-state index contributed by atoms with van der Waals surface area (Å²) in [5.41, 5.74) is 7.69. The molecule has 2 aromatic carbocycles. The van der Waals surface area contributed by atoms with Crippen molar-refractivity contribution in [2.24, 2.45) is 0 Å². The Hall–Kier alpha value is -2.45. The number of nitrogens with one attached hydrogen (secondary N) is 1. The fourth-order valence-corrected chi connectivity index (χ4v) is 3.12. The highest BCUT2D eigenvalue weighted by Crippen LogP contribution is 2.22. The van der Waals surface area contributed by atoms with Crippen LogP contribution in [0, 0.1) is 19.3 Å². The third-order valence-electron chi connectivity index (χ3n) is 2.78. The van der Waals surface area contributed by atoms with Crippen LogP contribution in [0.1, 0.15) is 11.1 Å². The predicted molar refractivity (Wildman–Crippen MR) is 80.8 cm³/mol. The van der Waals surface area contributed by atoms with Gasteiger partial charge in [-0.3, -0.25) is 4.72 Å². The minimum Gasteiger partial charge on any atom is -0.399 e. The molecule has 0 unspecified atom stereocenters. The molecule has 0 aliphatic heterocycles. The van der Waals surface area contributed by atoms with Gasteiger partial charge in [0, 0.05) is 11.3 Å². The van der Waals surface area contributed by atoms with Crippen LogP contribution in [-0.4, -0.2) is 8.42 Å². The normalized spacial score (nSPS) is 10.8. The molecule has 20 heavy (non-hydrogen) atoms. The van der Waals surface area contributed by atoms with Crippen LogP contribution in [0.25, 0.3) is 0 Å². The van der Waals surface area contributed by atoms with Crippen molar-refractivity contribution in [2.75, 3.05) is 10.5 Å². The molecule has 0 aliphatic carbocycles. The zero-order valence-corrected chi connectivity index (χ0v) is 11.7. The second-order valence-electron chi connectivity index (χ2n) is 4.36. The minimum atomic E-state index is -3.69. The van der Waals surface area contributed by atoms with Gasteiger partial charge in [0.25, 0.3) is 10.0 Å². The number of terminal acetylenes is 1. The van der Waals surface area contributed by atoms with Crippen LogP contribution >= 0.6 is 0 Å². The monoisotopic (exact) mass is 286 g/mol. The van der Waals surface area contributed by atoms with Crippen molar-refractivity contribution in [3.8, 4) is 12.3 Å². The Morgan fingerprint density at radius 1 is 1.20 bits per heavy atom. The molecule has 0 fully saturated rings. The molecule has 0 heterocycles. The number of anilines is 2. The van der Waals surface area contributed by atoms with Gasteiger partial charge >= 0.3 is 0 Å². The Labute approximate surface area is 118 Å². The van der Waals surface area contributed by atoms with Crippen LogP contribution in [0.4, 0.5) is 11.4 Å². The maximum Gasteiger partial charge on any atom is 0.262 e. The first-order valence-corrected chi connectivity index (χ1v) is 7.36. The molecule has 3 N–H and O–H groups in total. The molecule has 102 valence electrons. The van der Waals surface area contributed by atoms with E-state index in [0.717, 1.165) is 0 Å². The zero-order valence-electron chi connectivity index (χ0n) is 10.9. The molecule has 5 heteroatoms. The average Bonchev–Trinajstić information content (AvgIpc) is 2.41. The molecule has 0 bridgehead atoms. The number of nitrogens with two attached hydrogens (primary N) is 1. The molecule has 0 amide bonds. The zero-order chi connectivity index (χ0) is 14.8. The Kier molecular flexibility index (Phi) is 3.68. The van der Waals surface area contributed by atoms with E-state index < -0.39 is 10.0 Å². The SMILES string of the molecule is C#Cc1cccc(NS(=O)(=O)c2cc(N)ccc2C)c1. The topological polar surface area (TPSA) is 72.2 Å². The van der Waals surface area contributed by atoms with Gasteiger partial charge in [0.15, 0.2) is 0 Å². The van der Waals surface area contributed by atoms with Crippen LogP contribution in [0.3, 0.4) is 0 Å². The Morgan fingerprint density at radius 2 is 1.95 bits per heavy atom. The van der Waals surface area contributed by atoms with E-state index in [1.54, 1.807) is 43.3 Å². The second kappa shape index (κ2) is 5.27. The summed E-state index contributed by atoms with van der Waals surface area (Å²) in [5, 5.41) is 0. The lowest BCUT2D eigenvalue weighted by Gasteiger charge is -2.11. The quantitative estimate of drug-likeness (QED) is 0.672. The van der Waals surface area contributed by atoms with Crippen molar-refractivity contribution in [3.63, 3.8) is 0 Å². The predicted octanol–water partition coefficient (Wildman–Crippen LogP) is 2.36. The molecule has 0 saturated heterocycles. The van der Waals surface area contributed by atoms with Gasteiger partial charge in [-0.15, -0.1) is 6.42 Å². The number of hydrogen-bond donors (Lipinski definition) is 2. The Bertz CT molecular complexity index is 790. The third kappa shape index (κ3) is 2.92. The van der Waals surface area contributed by atoms with Crippen molar-refractivity contribution >= 4 is 21.4 Å².